The van der Waals surface area contributed by atoms with Crippen LogP contribution in [0.1, 0.15) is 21.6 Å². The van der Waals surface area contributed by atoms with Crippen molar-refractivity contribution in [3.63, 3.8) is 0 Å². The molecule has 3 heterocycles. The van der Waals surface area contributed by atoms with E-state index in [0.29, 0.717) is 40.8 Å². The largest absolute Gasteiger partial charge is 0.497 e. The summed E-state index contributed by atoms with van der Waals surface area (Å²) in [5.74, 6) is 0.376. The number of nitrogens with zero attached hydrogens (tertiary/aromatic N) is 4. The van der Waals surface area contributed by atoms with Crippen LogP contribution >= 0.6 is 11.3 Å². The SMILES string of the molecule is COc1ccc2sc(N(Cc3ccccn3)C(=O)c3ccc(S(=O)(=O)N4CCc5ccccc54)cc3)nc2c1. The number of carbonyl (C=O) groups is 1. The van der Waals surface area contributed by atoms with Gasteiger partial charge in [-0.15, -0.1) is 0 Å². The Labute approximate surface area is 230 Å². The van der Waals surface area contributed by atoms with Crippen molar-refractivity contribution in [3.8, 4) is 5.75 Å². The molecule has 1 amide bonds. The van der Waals surface area contributed by atoms with E-state index in [-0.39, 0.29) is 17.3 Å². The summed E-state index contributed by atoms with van der Waals surface area (Å²) in [5, 5.41) is 0.513. The minimum Gasteiger partial charge on any atom is -0.497 e. The lowest BCUT2D eigenvalue weighted by Gasteiger charge is -2.21. The topological polar surface area (TPSA) is 92.7 Å². The van der Waals surface area contributed by atoms with Crippen LogP contribution < -0.4 is 13.9 Å². The van der Waals surface area contributed by atoms with Gasteiger partial charge in [0.2, 0.25) is 0 Å². The van der Waals surface area contributed by atoms with Crippen LogP contribution in [0.3, 0.4) is 0 Å². The Morgan fingerprint density at radius 2 is 1.82 bits per heavy atom. The molecule has 39 heavy (non-hydrogen) atoms. The zero-order valence-corrected chi connectivity index (χ0v) is 22.7. The predicted octanol–water partition coefficient (Wildman–Crippen LogP) is 5.30. The van der Waals surface area contributed by atoms with Crippen LogP contribution in [0.4, 0.5) is 10.8 Å². The minimum atomic E-state index is -3.76. The summed E-state index contributed by atoms with van der Waals surface area (Å²) in [5.41, 5.74) is 3.48. The number of hydrogen-bond acceptors (Lipinski definition) is 7. The number of anilines is 2. The number of pyridine rings is 1. The molecule has 0 atom stereocenters. The predicted molar refractivity (Wildman–Crippen MR) is 152 cm³/mol. The fourth-order valence-corrected chi connectivity index (χ4v) is 7.07. The number of aromatic nitrogens is 2. The summed E-state index contributed by atoms with van der Waals surface area (Å²) in [6.07, 6.45) is 2.35. The van der Waals surface area contributed by atoms with E-state index < -0.39 is 10.0 Å². The van der Waals surface area contributed by atoms with Crippen LogP contribution in [0, 0.1) is 0 Å². The van der Waals surface area contributed by atoms with E-state index in [1.54, 1.807) is 30.3 Å². The van der Waals surface area contributed by atoms with E-state index in [1.807, 2.05) is 60.7 Å². The minimum absolute atomic E-state index is 0.138. The summed E-state index contributed by atoms with van der Waals surface area (Å²) >= 11 is 1.39. The van der Waals surface area contributed by atoms with Gasteiger partial charge in [0.05, 0.1) is 40.1 Å². The molecule has 10 heteroatoms. The van der Waals surface area contributed by atoms with Crippen molar-refractivity contribution in [2.75, 3.05) is 22.9 Å². The number of thiazole rings is 1. The maximum Gasteiger partial charge on any atom is 0.264 e. The van der Waals surface area contributed by atoms with Gasteiger partial charge in [-0.3, -0.25) is 19.0 Å². The molecule has 2 aromatic heterocycles. The monoisotopic (exact) mass is 556 g/mol. The first-order chi connectivity index (χ1) is 18.9. The first kappa shape index (κ1) is 25.0. The Balaban J connectivity index is 1.32. The molecule has 1 aliphatic rings. The summed E-state index contributed by atoms with van der Waals surface area (Å²) in [7, 11) is -2.17. The van der Waals surface area contributed by atoms with Crippen molar-refractivity contribution >= 4 is 48.3 Å². The molecule has 1 aliphatic heterocycles. The highest BCUT2D eigenvalue weighted by Crippen LogP contribution is 2.34. The average Bonchev–Trinajstić information content (AvgIpc) is 3.60. The standard InChI is InChI=1S/C29H24N4O4S2/c1-37-23-11-14-27-25(18-23)31-29(38-27)32(19-22-7-4-5-16-30-22)28(34)21-9-12-24(13-10-21)39(35,36)33-17-15-20-6-2-3-8-26(20)33/h2-14,16,18H,15,17,19H2,1H3. The van der Waals surface area contributed by atoms with Crippen molar-refractivity contribution in [1.29, 1.82) is 0 Å². The number of hydrogen-bond donors (Lipinski definition) is 0. The zero-order chi connectivity index (χ0) is 27.0. The van der Waals surface area contributed by atoms with Crippen LogP contribution in [0.2, 0.25) is 0 Å². The Bertz CT molecular complexity index is 1770. The molecular formula is C29H24N4O4S2. The van der Waals surface area contributed by atoms with Crippen LogP contribution in [-0.4, -0.2) is 37.9 Å². The first-order valence-corrected chi connectivity index (χ1v) is 14.6. The average molecular weight is 557 g/mol. The van der Waals surface area contributed by atoms with Crippen molar-refractivity contribution in [1.82, 2.24) is 9.97 Å². The van der Waals surface area contributed by atoms with Gasteiger partial charge in [0.1, 0.15) is 5.75 Å². The zero-order valence-electron chi connectivity index (χ0n) is 21.0. The van der Waals surface area contributed by atoms with Crippen molar-refractivity contribution < 1.29 is 17.9 Å². The molecule has 8 nitrogen and oxygen atoms in total. The molecule has 0 saturated heterocycles. The second-order valence-corrected chi connectivity index (χ2v) is 11.9. The number of rotatable bonds is 7. The maximum atomic E-state index is 13.8. The number of sulfonamides is 1. The van der Waals surface area contributed by atoms with E-state index in [9.17, 15) is 13.2 Å². The molecule has 196 valence electrons. The Hall–Kier alpha value is -4.28. The molecular weight excluding hydrogens is 532 g/mol. The number of para-hydroxylation sites is 1. The van der Waals surface area contributed by atoms with Gasteiger partial charge in [-0.2, -0.15) is 0 Å². The third-order valence-electron chi connectivity index (χ3n) is 6.64. The fourth-order valence-electron chi connectivity index (χ4n) is 4.63. The van der Waals surface area contributed by atoms with E-state index in [4.69, 9.17) is 9.72 Å². The maximum absolute atomic E-state index is 13.8. The van der Waals surface area contributed by atoms with E-state index in [1.165, 1.54) is 27.8 Å². The molecule has 0 radical (unpaired) electrons. The number of fused-ring (bicyclic) bond motifs is 2. The van der Waals surface area contributed by atoms with Gasteiger partial charge >= 0.3 is 0 Å². The number of benzene rings is 3. The summed E-state index contributed by atoms with van der Waals surface area (Å²) < 4.78 is 34.5. The molecule has 6 rings (SSSR count). The van der Waals surface area contributed by atoms with E-state index in [0.717, 1.165) is 15.8 Å². The number of ether oxygens (including phenoxy) is 1. The van der Waals surface area contributed by atoms with Gasteiger partial charge in [-0.05, 0) is 66.6 Å². The van der Waals surface area contributed by atoms with Gasteiger partial charge < -0.3 is 4.74 Å². The van der Waals surface area contributed by atoms with Gasteiger partial charge in [0.15, 0.2) is 5.13 Å². The smallest absolute Gasteiger partial charge is 0.264 e. The van der Waals surface area contributed by atoms with Gasteiger partial charge in [0.25, 0.3) is 15.9 Å². The van der Waals surface area contributed by atoms with Gasteiger partial charge in [-0.1, -0.05) is 35.6 Å². The Kier molecular flexibility index (Phi) is 6.49. The van der Waals surface area contributed by atoms with Gasteiger partial charge in [0, 0.05) is 24.4 Å². The summed E-state index contributed by atoms with van der Waals surface area (Å²) in [6, 6.07) is 24.7. The molecule has 0 bridgehead atoms. The first-order valence-electron chi connectivity index (χ1n) is 12.3. The lowest BCUT2D eigenvalue weighted by Crippen LogP contribution is -2.31. The lowest BCUT2D eigenvalue weighted by molar-refractivity contribution is 0.0984. The lowest BCUT2D eigenvalue weighted by atomic mass is 10.2. The van der Waals surface area contributed by atoms with Gasteiger partial charge in [-0.25, -0.2) is 13.4 Å². The van der Waals surface area contributed by atoms with E-state index in [2.05, 4.69) is 4.98 Å². The third-order valence-corrected chi connectivity index (χ3v) is 9.53. The number of methoxy groups -OCH3 is 1. The van der Waals surface area contributed by atoms with E-state index >= 15 is 0 Å². The summed E-state index contributed by atoms with van der Waals surface area (Å²) in [4.78, 5) is 24.6. The molecule has 0 saturated carbocycles. The van der Waals surface area contributed by atoms with Crippen LogP contribution in [0.5, 0.6) is 5.75 Å². The highest BCUT2D eigenvalue weighted by molar-refractivity contribution is 7.92. The second-order valence-electron chi connectivity index (χ2n) is 9.02. The molecule has 3 aromatic carbocycles. The van der Waals surface area contributed by atoms with Crippen LogP contribution in [0.25, 0.3) is 10.2 Å². The normalized spacial score (nSPS) is 12.9. The van der Waals surface area contributed by atoms with Crippen molar-refractivity contribution in [2.45, 2.75) is 17.9 Å². The van der Waals surface area contributed by atoms with Crippen LogP contribution in [0.15, 0.2) is 96.0 Å². The number of carbonyl (C=O) groups excluding carboxylic acids is 1. The highest BCUT2D eigenvalue weighted by Gasteiger charge is 2.31. The van der Waals surface area contributed by atoms with Crippen LogP contribution in [-0.2, 0) is 23.0 Å². The van der Waals surface area contributed by atoms with Crippen molar-refractivity contribution in [3.05, 3.63) is 108 Å². The van der Waals surface area contributed by atoms with Crippen molar-refractivity contribution in [2.24, 2.45) is 0 Å². The molecule has 0 fully saturated rings. The highest BCUT2D eigenvalue weighted by atomic mass is 32.2. The number of amides is 1. The molecule has 5 aromatic rings. The quantitative estimate of drug-likeness (QED) is 0.270. The third kappa shape index (κ3) is 4.73. The molecule has 0 unspecified atom stereocenters. The second kappa shape index (κ2) is 10.1. The Morgan fingerprint density at radius 1 is 1.03 bits per heavy atom. The molecule has 0 N–H and O–H groups in total. The molecule has 0 spiro atoms. The molecule has 0 aliphatic carbocycles. The fraction of sp³-hybridized carbons (Fsp3) is 0.138. The Morgan fingerprint density at radius 3 is 2.59 bits per heavy atom. The summed E-state index contributed by atoms with van der Waals surface area (Å²) in [6.45, 7) is 0.601.